The molecule has 4 amide bonds. The summed E-state index contributed by atoms with van der Waals surface area (Å²) >= 11 is 0. The number of carbonyl (C=O) groups excluding carboxylic acids is 4. The van der Waals surface area contributed by atoms with Crippen LogP contribution in [0.4, 0.5) is 8.78 Å². The summed E-state index contributed by atoms with van der Waals surface area (Å²) in [7, 11) is 0. The number of nitrogens with one attached hydrogen (secondary N) is 3. The van der Waals surface area contributed by atoms with Gasteiger partial charge in [0.15, 0.2) is 0 Å². The molecule has 2 aromatic carbocycles. The third-order valence-electron chi connectivity index (χ3n) is 7.74. The zero-order chi connectivity index (χ0) is 34.3. The van der Waals surface area contributed by atoms with Crippen LogP contribution >= 0.6 is 0 Å². The second kappa shape index (κ2) is 18.7. The molecule has 254 valence electrons. The highest BCUT2D eigenvalue weighted by atomic mass is 19.1. The normalized spacial score (nSPS) is 15.1. The summed E-state index contributed by atoms with van der Waals surface area (Å²) in [5, 5.41) is 19.1. The molecule has 0 radical (unpaired) electrons. The third kappa shape index (κ3) is 12.4. The molecule has 9 nitrogen and oxygen atoms in total. The van der Waals surface area contributed by atoms with E-state index in [1.807, 2.05) is 38.2 Å². The van der Waals surface area contributed by atoms with E-state index in [9.17, 15) is 33.1 Å². The van der Waals surface area contributed by atoms with E-state index in [0.29, 0.717) is 24.2 Å². The molecule has 2 aromatic rings. The minimum atomic E-state index is -1.22. The molecular weight excluding hydrogens is 606 g/mol. The van der Waals surface area contributed by atoms with Crippen LogP contribution in [0.15, 0.2) is 60.7 Å². The maximum absolute atomic E-state index is 14.0. The number of halogens is 2. The molecule has 0 saturated carbocycles. The molecule has 0 aliphatic heterocycles. The van der Waals surface area contributed by atoms with Gasteiger partial charge in [0.2, 0.25) is 11.8 Å². The van der Waals surface area contributed by atoms with Gasteiger partial charge in [-0.15, -0.1) is 0 Å². The number of hydrogen-bond acceptors (Lipinski definition) is 5. The Morgan fingerprint density at radius 3 is 2.23 bits per heavy atom. The number of benzene rings is 2. The van der Waals surface area contributed by atoms with Crippen molar-refractivity contribution in [1.29, 1.82) is 0 Å². The van der Waals surface area contributed by atoms with Gasteiger partial charge in [-0.3, -0.25) is 19.2 Å². The summed E-state index contributed by atoms with van der Waals surface area (Å²) in [6.45, 7) is 6.70. The van der Waals surface area contributed by atoms with Gasteiger partial charge in [0.25, 0.3) is 11.8 Å². The molecule has 0 aromatic heterocycles. The fourth-order valence-corrected chi connectivity index (χ4v) is 5.49. The van der Waals surface area contributed by atoms with Crippen molar-refractivity contribution in [3.05, 3.63) is 94.6 Å². The SMILES string of the molecule is CCCN(CCC)C(=O)c1cc(C)cc(C(=O)N[C@@H](Cc2cc(F)cc(F)c2)[C@H](O)CCNC(=O)CNC(=O)CC2C=CC=CC2)c1. The molecular formula is C36H46F2N4O5. The van der Waals surface area contributed by atoms with Crippen LogP contribution in [0.3, 0.4) is 0 Å². The summed E-state index contributed by atoms with van der Waals surface area (Å²) < 4.78 is 28.0. The quantitative estimate of drug-likeness (QED) is 0.202. The Balaban J connectivity index is 1.66. The average Bonchev–Trinajstić information content (AvgIpc) is 3.02. The first kappa shape index (κ1) is 37.1. The lowest BCUT2D eigenvalue weighted by atomic mass is 9.97. The van der Waals surface area contributed by atoms with E-state index in [0.717, 1.165) is 37.5 Å². The van der Waals surface area contributed by atoms with Crippen molar-refractivity contribution in [1.82, 2.24) is 20.9 Å². The van der Waals surface area contributed by atoms with Crippen LogP contribution in [0.5, 0.6) is 0 Å². The van der Waals surface area contributed by atoms with Gasteiger partial charge in [-0.05, 0) is 86.4 Å². The van der Waals surface area contributed by atoms with Gasteiger partial charge in [0.05, 0.1) is 18.7 Å². The predicted octanol–water partition coefficient (Wildman–Crippen LogP) is 4.38. The summed E-state index contributed by atoms with van der Waals surface area (Å²) in [6, 6.07) is 6.83. The molecule has 4 N–H and O–H groups in total. The van der Waals surface area contributed by atoms with Crippen molar-refractivity contribution < 1.29 is 33.1 Å². The predicted molar refractivity (Wildman–Crippen MR) is 177 cm³/mol. The van der Waals surface area contributed by atoms with E-state index in [2.05, 4.69) is 16.0 Å². The van der Waals surface area contributed by atoms with E-state index in [-0.39, 0.29) is 61.2 Å². The van der Waals surface area contributed by atoms with Gasteiger partial charge in [0, 0.05) is 43.2 Å². The van der Waals surface area contributed by atoms with Crippen LogP contribution in [-0.2, 0) is 16.0 Å². The van der Waals surface area contributed by atoms with Crippen molar-refractivity contribution in [3.8, 4) is 0 Å². The fourth-order valence-electron chi connectivity index (χ4n) is 5.49. The molecule has 1 aliphatic rings. The van der Waals surface area contributed by atoms with Crippen LogP contribution in [0.2, 0.25) is 0 Å². The van der Waals surface area contributed by atoms with Crippen molar-refractivity contribution >= 4 is 23.6 Å². The van der Waals surface area contributed by atoms with Crippen LogP contribution in [0.1, 0.15) is 77.8 Å². The smallest absolute Gasteiger partial charge is 0.253 e. The first-order valence-electron chi connectivity index (χ1n) is 16.2. The van der Waals surface area contributed by atoms with Gasteiger partial charge >= 0.3 is 0 Å². The molecule has 11 heteroatoms. The molecule has 47 heavy (non-hydrogen) atoms. The van der Waals surface area contributed by atoms with Crippen LogP contribution in [0, 0.1) is 24.5 Å². The minimum absolute atomic E-state index is 0.00217. The number of amides is 4. The molecule has 3 atom stereocenters. The zero-order valence-electron chi connectivity index (χ0n) is 27.4. The highest BCUT2D eigenvalue weighted by Gasteiger charge is 2.25. The Bertz CT molecular complexity index is 1430. The summed E-state index contributed by atoms with van der Waals surface area (Å²) in [4.78, 5) is 53.0. The molecule has 1 unspecified atom stereocenters. The van der Waals surface area contributed by atoms with Gasteiger partial charge < -0.3 is 26.0 Å². The first-order valence-corrected chi connectivity index (χ1v) is 16.2. The van der Waals surface area contributed by atoms with E-state index in [4.69, 9.17) is 0 Å². The number of aliphatic hydroxyl groups is 1. The Labute approximate surface area is 275 Å². The lowest BCUT2D eigenvalue weighted by Gasteiger charge is -2.25. The maximum Gasteiger partial charge on any atom is 0.253 e. The topological polar surface area (TPSA) is 128 Å². The number of carbonyl (C=O) groups is 4. The number of aryl methyl sites for hydroxylation is 1. The highest BCUT2D eigenvalue weighted by molar-refractivity contribution is 6.00. The van der Waals surface area contributed by atoms with Crippen molar-refractivity contribution in [2.45, 2.75) is 71.4 Å². The number of allylic oxidation sites excluding steroid dienone is 4. The molecule has 3 rings (SSSR count). The van der Waals surface area contributed by atoms with Crippen LogP contribution in [0.25, 0.3) is 0 Å². The first-order chi connectivity index (χ1) is 22.5. The summed E-state index contributed by atoms with van der Waals surface area (Å²) in [5.74, 6) is -2.97. The highest BCUT2D eigenvalue weighted by Crippen LogP contribution is 2.17. The Hall–Kier alpha value is -4.38. The van der Waals surface area contributed by atoms with Gasteiger partial charge in [-0.2, -0.15) is 0 Å². The number of nitrogens with zero attached hydrogens (tertiary/aromatic N) is 1. The zero-order valence-corrected chi connectivity index (χ0v) is 27.4. The number of hydrogen-bond donors (Lipinski definition) is 4. The Morgan fingerprint density at radius 2 is 1.60 bits per heavy atom. The molecule has 0 spiro atoms. The fraction of sp³-hybridized carbons (Fsp3) is 0.444. The maximum atomic E-state index is 14.0. The second-order valence-electron chi connectivity index (χ2n) is 11.9. The van der Waals surface area contributed by atoms with Gasteiger partial charge in [-0.1, -0.05) is 38.2 Å². The van der Waals surface area contributed by atoms with Crippen molar-refractivity contribution in [2.75, 3.05) is 26.2 Å². The largest absolute Gasteiger partial charge is 0.391 e. The van der Waals surface area contributed by atoms with E-state index >= 15 is 0 Å². The van der Waals surface area contributed by atoms with Crippen LogP contribution in [-0.4, -0.2) is 72.0 Å². The van der Waals surface area contributed by atoms with E-state index < -0.39 is 35.6 Å². The molecule has 0 saturated heterocycles. The second-order valence-corrected chi connectivity index (χ2v) is 11.9. The van der Waals surface area contributed by atoms with E-state index in [1.54, 1.807) is 24.0 Å². The average molecular weight is 653 g/mol. The molecule has 0 fully saturated rings. The summed E-state index contributed by atoms with van der Waals surface area (Å²) in [6.07, 6.45) is 9.00. The number of aliphatic hydroxyl groups excluding tert-OH is 1. The standard InChI is InChI=1S/C36H46F2N4O5/c1-4-13-42(14-5-2)36(47)28-16-24(3)15-27(21-28)35(46)41-31(19-26-17-29(37)22-30(38)18-26)32(43)11-12-39-34(45)23-40-33(44)20-25-9-7-6-8-10-25/h6-9,15-18,21-22,25,31-32,43H,4-5,10-14,19-20,23H2,1-3H3,(H,39,45)(H,40,44)(H,41,46)/t25?,31-,32+/m0/s1. The van der Waals surface area contributed by atoms with Crippen LogP contribution < -0.4 is 16.0 Å². The van der Waals surface area contributed by atoms with Crippen molar-refractivity contribution in [3.63, 3.8) is 0 Å². The third-order valence-corrected chi connectivity index (χ3v) is 7.74. The molecule has 0 heterocycles. The van der Waals surface area contributed by atoms with Crippen molar-refractivity contribution in [2.24, 2.45) is 5.92 Å². The summed E-state index contributed by atoms with van der Waals surface area (Å²) in [5.41, 5.74) is 1.48. The Kier molecular flexibility index (Phi) is 14.7. The van der Waals surface area contributed by atoms with Gasteiger partial charge in [-0.25, -0.2) is 8.78 Å². The minimum Gasteiger partial charge on any atom is -0.391 e. The molecule has 1 aliphatic carbocycles. The van der Waals surface area contributed by atoms with E-state index in [1.165, 1.54) is 6.07 Å². The molecule has 0 bridgehead atoms. The Morgan fingerprint density at radius 1 is 0.915 bits per heavy atom. The monoisotopic (exact) mass is 652 g/mol. The number of rotatable bonds is 17. The lowest BCUT2D eigenvalue weighted by molar-refractivity contribution is -0.126. The van der Waals surface area contributed by atoms with Gasteiger partial charge in [0.1, 0.15) is 11.6 Å². The lowest BCUT2D eigenvalue weighted by Crippen LogP contribution is -2.46.